The molecule has 0 radical (unpaired) electrons. The van der Waals surface area contributed by atoms with Gasteiger partial charge in [-0.15, -0.1) is 0 Å². The van der Waals surface area contributed by atoms with Gasteiger partial charge in [-0.25, -0.2) is 0 Å². The van der Waals surface area contributed by atoms with Crippen LogP contribution in [0.4, 0.5) is 0 Å². The van der Waals surface area contributed by atoms with Crippen molar-refractivity contribution in [3.63, 3.8) is 0 Å². The van der Waals surface area contributed by atoms with E-state index >= 15 is 0 Å². The molecule has 13 heavy (non-hydrogen) atoms. The van der Waals surface area contributed by atoms with Gasteiger partial charge in [0.05, 0.1) is 0 Å². The molecule has 0 heterocycles. The number of unbranched alkanes of at least 4 members (excludes halogenated alkanes) is 1. The molecule has 0 saturated heterocycles. The van der Waals surface area contributed by atoms with Crippen molar-refractivity contribution in [2.75, 3.05) is 0 Å². The quantitative estimate of drug-likeness (QED) is 0.430. The van der Waals surface area contributed by atoms with Crippen molar-refractivity contribution >= 4 is 0 Å². The standard InChI is InChI=1S/C13H24/c1-5-11(2)8-6-7-9-12-10-13(12,3)4/h8,12H,5-7,9-10H2,1-4H3. The van der Waals surface area contributed by atoms with Gasteiger partial charge in [0.15, 0.2) is 0 Å². The maximum atomic E-state index is 2.41. The average molecular weight is 180 g/mol. The maximum Gasteiger partial charge on any atom is -0.0323 e. The summed E-state index contributed by atoms with van der Waals surface area (Å²) in [6, 6.07) is 0. The third kappa shape index (κ3) is 3.54. The zero-order valence-corrected chi connectivity index (χ0v) is 9.69. The van der Waals surface area contributed by atoms with E-state index in [-0.39, 0.29) is 0 Å². The van der Waals surface area contributed by atoms with Crippen molar-refractivity contribution in [2.45, 2.75) is 59.8 Å². The van der Waals surface area contributed by atoms with Gasteiger partial charge in [-0.1, -0.05) is 32.4 Å². The van der Waals surface area contributed by atoms with E-state index in [1.807, 2.05) is 0 Å². The van der Waals surface area contributed by atoms with Gasteiger partial charge in [-0.05, 0) is 50.4 Å². The van der Waals surface area contributed by atoms with Gasteiger partial charge >= 0.3 is 0 Å². The predicted octanol–water partition coefficient (Wildman–Crippen LogP) is 4.56. The van der Waals surface area contributed by atoms with Gasteiger partial charge < -0.3 is 0 Å². The van der Waals surface area contributed by atoms with Crippen LogP contribution in [0.3, 0.4) is 0 Å². The Morgan fingerprint density at radius 2 is 2.08 bits per heavy atom. The molecule has 0 N–H and O–H groups in total. The maximum absolute atomic E-state index is 2.41. The van der Waals surface area contributed by atoms with Gasteiger partial charge in [-0.2, -0.15) is 0 Å². The molecule has 1 rings (SSSR count). The van der Waals surface area contributed by atoms with Crippen molar-refractivity contribution in [3.05, 3.63) is 11.6 Å². The van der Waals surface area contributed by atoms with E-state index < -0.39 is 0 Å². The van der Waals surface area contributed by atoms with Crippen LogP contribution < -0.4 is 0 Å². The van der Waals surface area contributed by atoms with Gasteiger partial charge in [0.25, 0.3) is 0 Å². The summed E-state index contributed by atoms with van der Waals surface area (Å²) in [5.74, 6) is 1.03. The monoisotopic (exact) mass is 180 g/mol. The summed E-state index contributed by atoms with van der Waals surface area (Å²) >= 11 is 0. The average Bonchev–Trinajstić information content (AvgIpc) is 2.67. The number of hydrogen-bond donors (Lipinski definition) is 0. The molecule has 76 valence electrons. The van der Waals surface area contributed by atoms with Crippen LogP contribution in [0.25, 0.3) is 0 Å². The first kappa shape index (κ1) is 10.8. The molecule has 0 spiro atoms. The largest absolute Gasteiger partial charge is 0.0856 e. The smallest absolute Gasteiger partial charge is 0.0323 e. The molecule has 1 fully saturated rings. The van der Waals surface area contributed by atoms with Crippen LogP contribution in [0.15, 0.2) is 11.6 Å². The summed E-state index contributed by atoms with van der Waals surface area (Å²) in [5, 5.41) is 0. The Morgan fingerprint density at radius 1 is 1.46 bits per heavy atom. The number of allylic oxidation sites excluding steroid dienone is 2. The first-order valence-corrected chi connectivity index (χ1v) is 5.72. The fourth-order valence-electron chi connectivity index (χ4n) is 1.93. The molecule has 0 aromatic heterocycles. The SMILES string of the molecule is CCC(C)=CCCCC1CC1(C)C. The van der Waals surface area contributed by atoms with Gasteiger partial charge in [0, 0.05) is 0 Å². The third-order valence-electron chi connectivity index (χ3n) is 3.52. The summed E-state index contributed by atoms with van der Waals surface area (Å²) in [7, 11) is 0. The number of hydrogen-bond acceptors (Lipinski definition) is 0. The molecule has 1 atom stereocenters. The minimum absolute atomic E-state index is 0.684. The molecule has 0 aromatic rings. The van der Waals surface area contributed by atoms with Crippen molar-refractivity contribution in [3.8, 4) is 0 Å². The van der Waals surface area contributed by atoms with Crippen molar-refractivity contribution < 1.29 is 0 Å². The minimum Gasteiger partial charge on any atom is -0.0856 e. The molecular formula is C13H24. The fraction of sp³-hybridized carbons (Fsp3) is 0.846. The van der Waals surface area contributed by atoms with E-state index in [0.29, 0.717) is 5.41 Å². The Hall–Kier alpha value is -0.260. The lowest BCUT2D eigenvalue weighted by Crippen LogP contribution is -1.89. The molecule has 0 aliphatic heterocycles. The zero-order valence-electron chi connectivity index (χ0n) is 9.69. The van der Waals surface area contributed by atoms with Crippen LogP contribution in [0.2, 0.25) is 0 Å². The summed E-state index contributed by atoms with van der Waals surface area (Å²) in [6.07, 6.45) is 9.23. The van der Waals surface area contributed by atoms with E-state index in [1.165, 1.54) is 32.1 Å². The Morgan fingerprint density at radius 3 is 2.54 bits per heavy atom. The summed E-state index contributed by atoms with van der Waals surface area (Å²) in [6.45, 7) is 9.26. The molecule has 1 unspecified atom stereocenters. The Bertz CT molecular complexity index is 186. The summed E-state index contributed by atoms with van der Waals surface area (Å²) < 4.78 is 0. The second-order valence-corrected chi connectivity index (χ2v) is 5.22. The van der Waals surface area contributed by atoms with Crippen LogP contribution >= 0.6 is 0 Å². The van der Waals surface area contributed by atoms with Crippen LogP contribution in [0, 0.1) is 11.3 Å². The third-order valence-corrected chi connectivity index (χ3v) is 3.52. The van der Waals surface area contributed by atoms with Crippen LogP contribution in [-0.2, 0) is 0 Å². The van der Waals surface area contributed by atoms with E-state index in [2.05, 4.69) is 33.8 Å². The molecule has 0 amide bonds. The first-order valence-electron chi connectivity index (χ1n) is 5.72. The predicted molar refractivity (Wildman–Crippen MR) is 59.8 cm³/mol. The van der Waals surface area contributed by atoms with Crippen molar-refractivity contribution in [1.29, 1.82) is 0 Å². The highest BCUT2D eigenvalue weighted by atomic mass is 14.5. The highest BCUT2D eigenvalue weighted by molar-refractivity contribution is 4.98. The summed E-state index contributed by atoms with van der Waals surface area (Å²) in [5.41, 5.74) is 2.24. The molecular weight excluding hydrogens is 156 g/mol. The molecule has 0 bridgehead atoms. The zero-order chi connectivity index (χ0) is 9.90. The highest BCUT2D eigenvalue weighted by Gasteiger charge is 2.44. The molecule has 0 nitrogen and oxygen atoms in total. The Kier molecular flexibility index (Phi) is 3.58. The van der Waals surface area contributed by atoms with Gasteiger partial charge in [-0.3, -0.25) is 0 Å². The van der Waals surface area contributed by atoms with Crippen molar-refractivity contribution in [1.82, 2.24) is 0 Å². The lowest BCUT2D eigenvalue weighted by atomic mass is 10.0. The molecule has 1 saturated carbocycles. The minimum atomic E-state index is 0.684. The summed E-state index contributed by atoms with van der Waals surface area (Å²) in [4.78, 5) is 0. The van der Waals surface area contributed by atoms with E-state index in [4.69, 9.17) is 0 Å². The topological polar surface area (TPSA) is 0 Å². The normalized spacial score (nSPS) is 26.2. The van der Waals surface area contributed by atoms with Gasteiger partial charge in [0.1, 0.15) is 0 Å². The van der Waals surface area contributed by atoms with E-state index in [9.17, 15) is 0 Å². The first-order chi connectivity index (χ1) is 6.06. The molecule has 1 aliphatic rings. The van der Waals surface area contributed by atoms with E-state index in [1.54, 1.807) is 5.57 Å². The fourth-order valence-corrected chi connectivity index (χ4v) is 1.93. The lowest BCUT2D eigenvalue weighted by Gasteiger charge is -2.01. The van der Waals surface area contributed by atoms with Crippen molar-refractivity contribution in [2.24, 2.45) is 11.3 Å². The second kappa shape index (κ2) is 4.30. The van der Waals surface area contributed by atoms with Crippen LogP contribution in [0.5, 0.6) is 0 Å². The Labute approximate surface area is 83.4 Å². The highest BCUT2D eigenvalue weighted by Crippen LogP contribution is 2.54. The molecule has 0 aromatic carbocycles. The van der Waals surface area contributed by atoms with Crippen LogP contribution in [-0.4, -0.2) is 0 Å². The van der Waals surface area contributed by atoms with Gasteiger partial charge in [0.2, 0.25) is 0 Å². The Balaban J connectivity index is 2.03. The molecule has 1 aliphatic carbocycles. The number of rotatable bonds is 5. The van der Waals surface area contributed by atoms with Crippen LogP contribution in [0.1, 0.15) is 59.8 Å². The molecule has 0 heteroatoms. The second-order valence-electron chi connectivity index (χ2n) is 5.22. The lowest BCUT2D eigenvalue weighted by molar-refractivity contribution is 0.520. The van der Waals surface area contributed by atoms with E-state index in [0.717, 1.165) is 5.92 Å².